The summed E-state index contributed by atoms with van der Waals surface area (Å²) in [6.45, 7) is 7.13. The number of hydrogen-bond donors (Lipinski definition) is 1. The van der Waals surface area contributed by atoms with Crippen LogP contribution in [-0.2, 0) is 11.2 Å². The Morgan fingerprint density at radius 1 is 1.29 bits per heavy atom. The van der Waals surface area contributed by atoms with Crippen LogP contribution in [0.15, 0.2) is 18.2 Å². The first-order valence-electron chi connectivity index (χ1n) is 7.83. The zero-order valence-electron chi connectivity index (χ0n) is 13.8. The smallest absolute Gasteiger partial charge is 0.137 e. The van der Waals surface area contributed by atoms with Crippen molar-refractivity contribution in [2.24, 2.45) is 17.6 Å². The second kappa shape index (κ2) is 8.83. The van der Waals surface area contributed by atoms with Gasteiger partial charge in [0.05, 0.1) is 7.11 Å². The maximum atomic E-state index is 12.2. The van der Waals surface area contributed by atoms with Crippen molar-refractivity contribution in [1.82, 2.24) is 0 Å². The van der Waals surface area contributed by atoms with Crippen molar-refractivity contribution in [1.29, 1.82) is 0 Å². The molecule has 118 valence electrons. The summed E-state index contributed by atoms with van der Waals surface area (Å²) in [6.07, 6.45) is 3.01. The van der Waals surface area contributed by atoms with Gasteiger partial charge in [0.15, 0.2) is 0 Å². The van der Waals surface area contributed by atoms with Crippen LogP contribution in [-0.4, -0.2) is 19.4 Å². The van der Waals surface area contributed by atoms with E-state index in [0.717, 1.165) is 29.7 Å². The zero-order chi connectivity index (χ0) is 15.8. The lowest BCUT2D eigenvalue weighted by molar-refractivity contribution is -0.118. The van der Waals surface area contributed by atoms with Crippen LogP contribution in [0.25, 0.3) is 0 Å². The van der Waals surface area contributed by atoms with E-state index in [2.05, 4.69) is 13.8 Å². The number of benzene rings is 1. The molecule has 0 aliphatic rings. The molecule has 3 nitrogen and oxygen atoms in total. The van der Waals surface area contributed by atoms with E-state index in [0.29, 0.717) is 31.2 Å². The molecule has 1 atom stereocenters. The van der Waals surface area contributed by atoms with Gasteiger partial charge in [-0.15, -0.1) is 0 Å². The molecule has 1 aromatic rings. The molecule has 0 bridgehead atoms. The van der Waals surface area contributed by atoms with Crippen molar-refractivity contribution < 1.29 is 9.53 Å². The van der Waals surface area contributed by atoms with Crippen LogP contribution in [0.5, 0.6) is 5.75 Å². The third-order valence-electron chi connectivity index (χ3n) is 4.10. The number of carbonyl (C=O) groups excluding carboxylic acids is 1. The highest BCUT2D eigenvalue weighted by Gasteiger charge is 2.15. The summed E-state index contributed by atoms with van der Waals surface area (Å²) >= 11 is 0. The molecule has 0 heterocycles. The Morgan fingerprint density at radius 2 is 2.00 bits per heavy atom. The minimum absolute atomic E-state index is 0.279. The quantitative estimate of drug-likeness (QED) is 0.757. The number of Topliss-reactive ketones (excluding diaryl/α,β-unsaturated/α-hetero) is 1. The summed E-state index contributed by atoms with van der Waals surface area (Å²) in [4.78, 5) is 12.2. The maximum Gasteiger partial charge on any atom is 0.137 e. The molecule has 0 saturated heterocycles. The van der Waals surface area contributed by atoms with E-state index in [9.17, 15) is 4.79 Å². The first kappa shape index (κ1) is 17.7. The fraction of sp³-hybridized carbons (Fsp3) is 0.611. The average molecular weight is 291 g/mol. The summed E-state index contributed by atoms with van der Waals surface area (Å²) < 4.78 is 5.33. The monoisotopic (exact) mass is 291 g/mol. The van der Waals surface area contributed by atoms with Gasteiger partial charge in [0.1, 0.15) is 11.5 Å². The van der Waals surface area contributed by atoms with Crippen molar-refractivity contribution in [3.05, 3.63) is 29.3 Å². The first-order chi connectivity index (χ1) is 9.97. The lowest BCUT2D eigenvalue weighted by Crippen LogP contribution is -2.16. The SMILES string of the molecule is COc1ccc(C)cc1CC(=O)CCC(CCN)C(C)C. The second-order valence-corrected chi connectivity index (χ2v) is 6.15. The van der Waals surface area contributed by atoms with Crippen molar-refractivity contribution >= 4 is 5.78 Å². The molecular weight excluding hydrogens is 262 g/mol. The first-order valence-corrected chi connectivity index (χ1v) is 7.83. The zero-order valence-corrected chi connectivity index (χ0v) is 13.8. The number of ether oxygens (including phenoxy) is 1. The van der Waals surface area contributed by atoms with E-state index in [4.69, 9.17) is 10.5 Å². The van der Waals surface area contributed by atoms with Gasteiger partial charge in [0.25, 0.3) is 0 Å². The molecular formula is C18H29NO2. The number of rotatable bonds is 9. The third-order valence-corrected chi connectivity index (χ3v) is 4.10. The largest absolute Gasteiger partial charge is 0.496 e. The van der Waals surface area contributed by atoms with Gasteiger partial charge in [-0.05, 0) is 44.2 Å². The lowest BCUT2D eigenvalue weighted by Gasteiger charge is -2.19. The summed E-state index contributed by atoms with van der Waals surface area (Å²) in [5.74, 6) is 2.20. The van der Waals surface area contributed by atoms with Crippen molar-refractivity contribution in [3.63, 3.8) is 0 Å². The Kier molecular flexibility index (Phi) is 7.44. The van der Waals surface area contributed by atoms with Gasteiger partial charge >= 0.3 is 0 Å². The van der Waals surface area contributed by atoms with Gasteiger partial charge in [-0.3, -0.25) is 4.79 Å². The summed E-state index contributed by atoms with van der Waals surface area (Å²) in [5, 5.41) is 0. The Morgan fingerprint density at radius 3 is 2.57 bits per heavy atom. The Bertz CT molecular complexity index is 455. The highest BCUT2D eigenvalue weighted by molar-refractivity contribution is 5.81. The van der Waals surface area contributed by atoms with Gasteiger partial charge in [-0.25, -0.2) is 0 Å². The molecule has 0 radical (unpaired) electrons. The van der Waals surface area contributed by atoms with E-state index in [1.165, 1.54) is 0 Å². The fourth-order valence-corrected chi connectivity index (χ4v) is 2.72. The van der Waals surface area contributed by atoms with Crippen LogP contribution < -0.4 is 10.5 Å². The molecule has 1 unspecified atom stereocenters. The van der Waals surface area contributed by atoms with Crippen LogP contribution in [0.1, 0.15) is 44.2 Å². The maximum absolute atomic E-state index is 12.2. The number of nitrogens with two attached hydrogens (primary N) is 1. The van der Waals surface area contributed by atoms with Crippen molar-refractivity contribution in [2.45, 2.75) is 46.5 Å². The molecule has 21 heavy (non-hydrogen) atoms. The second-order valence-electron chi connectivity index (χ2n) is 6.15. The number of aryl methyl sites for hydroxylation is 1. The molecule has 0 amide bonds. The normalized spacial score (nSPS) is 12.5. The van der Waals surface area contributed by atoms with E-state index in [1.807, 2.05) is 25.1 Å². The van der Waals surface area contributed by atoms with Gasteiger partial charge in [0, 0.05) is 18.4 Å². The standard InChI is InChI=1S/C18H29NO2/c1-13(2)15(9-10-19)6-7-17(20)12-16-11-14(3)5-8-18(16)21-4/h5,8,11,13,15H,6-7,9-10,12,19H2,1-4H3. The van der Waals surface area contributed by atoms with Crippen molar-refractivity contribution in [3.8, 4) is 5.75 Å². The Hall–Kier alpha value is -1.35. The van der Waals surface area contributed by atoms with Gasteiger partial charge in [-0.1, -0.05) is 31.5 Å². The molecule has 0 aromatic heterocycles. The molecule has 0 spiro atoms. The average Bonchev–Trinajstić information content (AvgIpc) is 2.43. The van der Waals surface area contributed by atoms with E-state index >= 15 is 0 Å². The molecule has 1 rings (SSSR count). The molecule has 0 aliphatic heterocycles. The van der Waals surface area contributed by atoms with Gasteiger partial charge in [-0.2, -0.15) is 0 Å². The Balaban J connectivity index is 2.59. The summed E-state index contributed by atoms with van der Waals surface area (Å²) in [6, 6.07) is 5.97. The molecule has 3 heteroatoms. The Labute approximate surface area is 128 Å². The van der Waals surface area contributed by atoms with Crippen molar-refractivity contribution in [2.75, 3.05) is 13.7 Å². The summed E-state index contributed by atoms with van der Waals surface area (Å²) in [5.41, 5.74) is 7.79. The molecule has 0 saturated carbocycles. The van der Waals surface area contributed by atoms with Gasteiger partial charge in [0.2, 0.25) is 0 Å². The predicted octanol–water partition coefficient (Wildman–Crippen LogP) is 3.52. The number of ketones is 1. The molecule has 0 fully saturated rings. The summed E-state index contributed by atoms with van der Waals surface area (Å²) in [7, 11) is 1.65. The lowest BCUT2D eigenvalue weighted by atomic mass is 9.87. The van der Waals surface area contributed by atoms with Crippen LogP contribution in [0.4, 0.5) is 0 Å². The fourth-order valence-electron chi connectivity index (χ4n) is 2.72. The molecule has 1 aromatic carbocycles. The van der Waals surface area contributed by atoms with E-state index in [-0.39, 0.29) is 5.78 Å². The topological polar surface area (TPSA) is 52.3 Å². The van der Waals surface area contributed by atoms with Crippen LogP contribution in [0.3, 0.4) is 0 Å². The van der Waals surface area contributed by atoms with E-state index in [1.54, 1.807) is 7.11 Å². The van der Waals surface area contributed by atoms with Crippen LogP contribution >= 0.6 is 0 Å². The number of methoxy groups -OCH3 is 1. The predicted molar refractivity (Wildman–Crippen MR) is 87.7 cm³/mol. The van der Waals surface area contributed by atoms with E-state index < -0.39 is 0 Å². The number of hydrogen-bond acceptors (Lipinski definition) is 3. The molecule has 0 aliphatic carbocycles. The minimum Gasteiger partial charge on any atom is -0.496 e. The van der Waals surface area contributed by atoms with Crippen LogP contribution in [0.2, 0.25) is 0 Å². The molecule has 2 N–H and O–H groups in total. The highest BCUT2D eigenvalue weighted by Crippen LogP contribution is 2.23. The number of carbonyl (C=O) groups is 1. The third kappa shape index (κ3) is 5.88. The van der Waals surface area contributed by atoms with Crippen LogP contribution in [0, 0.1) is 18.8 Å². The minimum atomic E-state index is 0.279. The highest BCUT2D eigenvalue weighted by atomic mass is 16.5. The van der Waals surface area contributed by atoms with Gasteiger partial charge < -0.3 is 10.5 Å².